The molecule has 1 aliphatic heterocycles. The topological polar surface area (TPSA) is 75.3 Å². The van der Waals surface area contributed by atoms with E-state index in [0.717, 1.165) is 29.7 Å². The zero-order valence-corrected chi connectivity index (χ0v) is 21.9. The Labute approximate surface area is 218 Å². The van der Waals surface area contributed by atoms with E-state index in [4.69, 9.17) is 23.7 Å². The van der Waals surface area contributed by atoms with Crippen LogP contribution in [0, 0.1) is 5.92 Å². The Hall–Kier alpha value is -3.71. The van der Waals surface area contributed by atoms with Crippen molar-refractivity contribution in [2.45, 2.75) is 31.9 Å². The molecule has 0 amide bonds. The van der Waals surface area contributed by atoms with Crippen molar-refractivity contribution < 1.29 is 28.5 Å². The summed E-state index contributed by atoms with van der Waals surface area (Å²) >= 11 is 0. The Balaban J connectivity index is 1.63. The number of esters is 1. The summed E-state index contributed by atoms with van der Waals surface area (Å²) in [5.74, 6) is 2.41. The zero-order valence-electron chi connectivity index (χ0n) is 21.9. The van der Waals surface area contributed by atoms with Gasteiger partial charge in [-0.15, -0.1) is 0 Å². The Morgan fingerprint density at radius 1 is 0.838 bits per heavy atom. The van der Waals surface area contributed by atoms with Gasteiger partial charge in [0.1, 0.15) is 6.61 Å². The molecule has 3 aromatic rings. The summed E-state index contributed by atoms with van der Waals surface area (Å²) in [5, 5.41) is 3.65. The van der Waals surface area contributed by atoms with Crippen LogP contribution in [0.4, 0.5) is 0 Å². The molecule has 7 heteroatoms. The first kappa shape index (κ1) is 26.4. The molecule has 7 nitrogen and oxygen atoms in total. The van der Waals surface area contributed by atoms with Gasteiger partial charge in [0.05, 0.1) is 34.9 Å². The quantitative estimate of drug-likeness (QED) is 0.372. The fraction of sp³-hybridized carbons (Fsp3) is 0.367. The van der Waals surface area contributed by atoms with Crippen molar-refractivity contribution in [1.29, 1.82) is 0 Å². The number of fused-ring (bicyclic) bond motifs is 1. The van der Waals surface area contributed by atoms with Crippen LogP contribution in [0.5, 0.6) is 23.0 Å². The van der Waals surface area contributed by atoms with E-state index in [1.165, 1.54) is 5.56 Å². The molecule has 2 atom stereocenters. The van der Waals surface area contributed by atoms with E-state index in [0.29, 0.717) is 29.4 Å². The molecule has 0 radical (unpaired) electrons. The molecule has 1 N–H and O–H groups in total. The second kappa shape index (κ2) is 12.5. The van der Waals surface area contributed by atoms with Gasteiger partial charge in [-0.3, -0.25) is 4.79 Å². The molecule has 196 valence electrons. The van der Waals surface area contributed by atoms with E-state index < -0.39 is 0 Å². The number of hydrogen-bond donors (Lipinski definition) is 1. The van der Waals surface area contributed by atoms with Gasteiger partial charge in [0.2, 0.25) is 0 Å². The highest BCUT2D eigenvalue weighted by Crippen LogP contribution is 2.40. The average molecular weight is 506 g/mol. The molecule has 37 heavy (non-hydrogen) atoms. The lowest BCUT2D eigenvalue weighted by molar-refractivity contribution is -0.146. The van der Waals surface area contributed by atoms with Crippen LogP contribution in [0.15, 0.2) is 60.7 Å². The van der Waals surface area contributed by atoms with Crippen molar-refractivity contribution in [3.05, 3.63) is 82.9 Å². The van der Waals surface area contributed by atoms with Gasteiger partial charge in [0, 0.05) is 6.04 Å². The molecule has 1 heterocycles. The highest BCUT2D eigenvalue weighted by Gasteiger charge is 2.31. The van der Waals surface area contributed by atoms with E-state index in [2.05, 4.69) is 5.32 Å². The normalized spacial score (nSPS) is 15.3. The third-order valence-electron chi connectivity index (χ3n) is 6.83. The number of nitrogens with one attached hydrogen (secondary N) is 1. The second-order valence-electron chi connectivity index (χ2n) is 9.09. The number of carbonyl (C=O) groups is 1. The fourth-order valence-electron chi connectivity index (χ4n) is 4.97. The Bertz CT molecular complexity index is 1200. The Kier molecular flexibility index (Phi) is 8.90. The second-order valence-corrected chi connectivity index (χ2v) is 9.09. The maximum absolute atomic E-state index is 13.1. The summed E-state index contributed by atoms with van der Waals surface area (Å²) in [6.45, 7) is 1.05. The molecular formula is C30H35NO6. The maximum Gasteiger partial charge on any atom is 0.306 e. The number of hydrogen-bond acceptors (Lipinski definition) is 7. The van der Waals surface area contributed by atoms with E-state index >= 15 is 0 Å². The largest absolute Gasteiger partial charge is 0.493 e. The van der Waals surface area contributed by atoms with Crippen LogP contribution in [0.2, 0.25) is 0 Å². The standard InChI is InChI=1S/C30H35NO6/c1-33-25-11-10-21(15-26(25)34-2)14-23(17-29(32)37-19-20-8-6-5-7-9-20)30-24-18-28(36-4)27(35-3)16-22(24)12-13-31-30/h5-11,15-16,18,23,30-31H,12-14,17,19H2,1-4H3/t23?,30-/m1/s1. The van der Waals surface area contributed by atoms with Gasteiger partial charge in [0.25, 0.3) is 0 Å². The summed E-state index contributed by atoms with van der Waals surface area (Å²) in [5.41, 5.74) is 4.32. The molecule has 4 rings (SSSR count). The first-order valence-electron chi connectivity index (χ1n) is 12.4. The van der Waals surface area contributed by atoms with Gasteiger partial charge in [-0.1, -0.05) is 36.4 Å². The predicted octanol–water partition coefficient (Wildman–Crippen LogP) is 4.90. The van der Waals surface area contributed by atoms with Crippen molar-refractivity contribution >= 4 is 5.97 Å². The molecule has 0 fully saturated rings. The highest BCUT2D eigenvalue weighted by atomic mass is 16.5. The van der Waals surface area contributed by atoms with Gasteiger partial charge in [0.15, 0.2) is 23.0 Å². The Morgan fingerprint density at radius 2 is 1.51 bits per heavy atom. The average Bonchev–Trinajstić information content (AvgIpc) is 2.95. The molecule has 0 saturated carbocycles. The van der Waals surface area contributed by atoms with Crippen molar-refractivity contribution in [3.63, 3.8) is 0 Å². The lowest BCUT2D eigenvalue weighted by Gasteiger charge is -2.34. The Morgan fingerprint density at radius 3 is 2.22 bits per heavy atom. The van der Waals surface area contributed by atoms with E-state index in [-0.39, 0.29) is 31.0 Å². The minimum atomic E-state index is -0.233. The van der Waals surface area contributed by atoms with E-state index in [1.807, 2.05) is 60.7 Å². The van der Waals surface area contributed by atoms with Gasteiger partial charge >= 0.3 is 5.97 Å². The molecule has 0 spiro atoms. The van der Waals surface area contributed by atoms with Gasteiger partial charge in [-0.2, -0.15) is 0 Å². The number of ether oxygens (including phenoxy) is 5. The lowest BCUT2D eigenvalue weighted by Crippen LogP contribution is -2.37. The van der Waals surface area contributed by atoms with Crippen molar-refractivity contribution in [1.82, 2.24) is 5.32 Å². The molecular weight excluding hydrogens is 470 g/mol. The van der Waals surface area contributed by atoms with Crippen molar-refractivity contribution in [2.75, 3.05) is 35.0 Å². The zero-order chi connectivity index (χ0) is 26.2. The first-order valence-corrected chi connectivity index (χ1v) is 12.4. The van der Waals surface area contributed by atoms with Gasteiger partial charge in [-0.25, -0.2) is 0 Å². The minimum absolute atomic E-state index is 0.0686. The van der Waals surface area contributed by atoms with Crippen LogP contribution >= 0.6 is 0 Å². The number of carbonyl (C=O) groups excluding carboxylic acids is 1. The predicted molar refractivity (Wildman–Crippen MR) is 142 cm³/mol. The minimum Gasteiger partial charge on any atom is -0.493 e. The van der Waals surface area contributed by atoms with Crippen LogP contribution < -0.4 is 24.3 Å². The smallest absolute Gasteiger partial charge is 0.306 e. The van der Waals surface area contributed by atoms with Gasteiger partial charge < -0.3 is 29.0 Å². The van der Waals surface area contributed by atoms with E-state index in [1.54, 1.807) is 28.4 Å². The molecule has 0 aromatic heterocycles. The lowest BCUT2D eigenvalue weighted by atomic mass is 9.81. The van der Waals surface area contributed by atoms with Crippen LogP contribution in [-0.2, 0) is 29.0 Å². The molecule has 0 bridgehead atoms. The third-order valence-corrected chi connectivity index (χ3v) is 6.83. The van der Waals surface area contributed by atoms with Crippen LogP contribution in [0.25, 0.3) is 0 Å². The summed E-state index contributed by atoms with van der Waals surface area (Å²) < 4.78 is 27.7. The molecule has 0 aliphatic carbocycles. The van der Waals surface area contributed by atoms with Crippen molar-refractivity contribution in [3.8, 4) is 23.0 Å². The summed E-state index contributed by atoms with van der Waals surface area (Å²) in [6, 6.07) is 19.6. The molecule has 0 saturated heterocycles. The molecule has 3 aromatic carbocycles. The van der Waals surface area contributed by atoms with Crippen molar-refractivity contribution in [2.24, 2.45) is 5.92 Å². The monoisotopic (exact) mass is 505 g/mol. The maximum atomic E-state index is 13.1. The number of rotatable bonds is 11. The fourth-order valence-corrected chi connectivity index (χ4v) is 4.97. The van der Waals surface area contributed by atoms with Crippen LogP contribution in [-0.4, -0.2) is 41.0 Å². The van der Waals surface area contributed by atoms with Gasteiger partial charge in [-0.05, 0) is 71.8 Å². The first-order chi connectivity index (χ1) is 18.1. The van der Waals surface area contributed by atoms with Crippen LogP contribution in [0.1, 0.15) is 34.7 Å². The SMILES string of the molecule is COc1ccc(CC(CC(=O)OCc2ccccc2)[C@H]2NCCc3cc(OC)c(OC)cc32)cc1OC. The highest BCUT2D eigenvalue weighted by molar-refractivity contribution is 5.70. The number of benzene rings is 3. The van der Waals surface area contributed by atoms with E-state index in [9.17, 15) is 4.79 Å². The summed E-state index contributed by atoms with van der Waals surface area (Å²) in [6.07, 6.45) is 1.77. The summed E-state index contributed by atoms with van der Waals surface area (Å²) in [7, 11) is 6.52. The summed E-state index contributed by atoms with van der Waals surface area (Å²) in [4.78, 5) is 13.1. The molecule has 1 aliphatic rings. The number of methoxy groups -OCH3 is 4. The third kappa shape index (κ3) is 6.35. The molecule has 1 unspecified atom stereocenters. The van der Waals surface area contributed by atoms with Crippen LogP contribution in [0.3, 0.4) is 0 Å².